The third-order valence-electron chi connectivity index (χ3n) is 3.66. The van der Waals surface area contributed by atoms with E-state index in [0.717, 1.165) is 41.5 Å². The van der Waals surface area contributed by atoms with Gasteiger partial charge in [0.05, 0.1) is 13.2 Å². The average molecular weight is 355 g/mol. The average Bonchev–Trinajstić information content (AvgIpc) is 2.61. The van der Waals surface area contributed by atoms with E-state index in [1.165, 1.54) is 5.56 Å². The first-order chi connectivity index (χ1) is 12.5. The van der Waals surface area contributed by atoms with E-state index in [0.29, 0.717) is 6.61 Å². The molecule has 0 bridgehead atoms. The molecule has 26 heavy (non-hydrogen) atoms. The number of ether oxygens (including phenoxy) is 3. The highest BCUT2D eigenvalue weighted by Gasteiger charge is 2.06. The Labute approximate surface area is 156 Å². The number of hydrogen-bond acceptors (Lipinski definition) is 4. The summed E-state index contributed by atoms with van der Waals surface area (Å²) in [7, 11) is 1.65. The van der Waals surface area contributed by atoms with Gasteiger partial charge in [-0.1, -0.05) is 24.8 Å². The minimum absolute atomic E-state index is 0.191. The van der Waals surface area contributed by atoms with Crippen LogP contribution in [0.5, 0.6) is 17.2 Å². The Morgan fingerprint density at radius 2 is 1.65 bits per heavy atom. The molecule has 4 heteroatoms. The monoisotopic (exact) mass is 355 g/mol. The molecule has 2 aromatic carbocycles. The van der Waals surface area contributed by atoms with Crippen LogP contribution in [0.15, 0.2) is 54.6 Å². The van der Waals surface area contributed by atoms with Gasteiger partial charge in [0.25, 0.3) is 0 Å². The predicted molar refractivity (Wildman–Crippen MR) is 106 cm³/mol. The van der Waals surface area contributed by atoms with E-state index in [4.69, 9.17) is 14.2 Å². The van der Waals surface area contributed by atoms with E-state index in [9.17, 15) is 0 Å². The van der Waals surface area contributed by atoms with Crippen molar-refractivity contribution in [3.63, 3.8) is 0 Å². The van der Waals surface area contributed by atoms with Crippen molar-refractivity contribution in [3.05, 3.63) is 65.7 Å². The van der Waals surface area contributed by atoms with Crippen molar-refractivity contribution in [2.24, 2.45) is 0 Å². The fraction of sp³-hybridized carbons (Fsp3) is 0.364. The third-order valence-corrected chi connectivity index (χ3v) is 3.66. The number of nitrogens with one attached hydrogen (secondary N) is 1. The van der Waals surface area contributed by atoms with E-state index in [1.807, 2.05) is 51.1 Å². The van der Waals surface area contributed by atoms with Crippen LogP contribution in [-0.2, 0) is 13.1 Å². The number of rotatable bonds is 10. The smallest absolute Gasteiger partial charge is 0.161 e. The van der Waals surface area contributed by atoms with Gasteiger partial charge in [0.1, 0.15) is 12.4 Å². The van der Waals surface area contributed by atoms with Gasteiger partial charge in [-0.3, -0.25) is 0 Å². The van der Waals surface area contributed by atoms with Crippen LogP contribution in [0.25, 0.3) is 0 Å². The lowest BCUT2D eigenvalue weighted by atomic mass is 10.1. The van der Waals surface area contributed by atoms with Crippen LogP contribution in [0.3, 0.4) is 0 Å². The maximum atomic E-state index is 5.70. The molecule has 2 aromatic rings. The van der Waals surface area contributed by atoms with Gasteiger partial charge < -0.3 is 19.5 Å². The molecule has 0 heterocycles. The predicted octanol–water partition coefficient (Wildman–Crippen LogP) is 4.73. The fourth-order valence-electron chi connectivity index (χ4n) is 2.45. The highest BCUT2D eigenvalue weighted by molar-refractivity contribution is 5.43. The third kappa shape index (κ3) is 6.45. The minimum Gasteiger partial charge on any atom is -0.493 e. The Morgan fingerprint density at radius 3 is 2.27 bits per heavy atom. The first kappa shape index (κ1) is 19.9. The lowest BCUT2D eigenvalue weighted by Crippen LogP contribution is -2.13. The van der Waals surface area contributed by atoms with E-state index in [2.05, 4.69) is 24.0 Å². The van der Waals surface area contributed by atoms with Crippen LogP contribution >= 0.6 is 0 Å². The molecule has 4 nitrogen and oxygen atoms in total. The molecule has 0 amide bonds. The number of hydrogen-bond donors (Lipinski definition) is 1. The number of benzene rings is 2. The molecule has 0 spiro atoms. The highest BCUT2D eigenvalue weighted by atomic mass is 16.5. The molecule has 140 valence electrons. The van der Waals surface area contributed by atoms with Gasteiger partial charge in [0.15, 0.2) is 11.5 Å². The molecule has 0 radical (unpaired) electrons. The molecule has 0 saturated carbocycles. The van der Waals surface area contributed by atoms with Crippen LogP contribution in [-0.4, -0.2) is 19.8 Å². The van der Waals surface area contributed by atoms with Crippen molar-refractivity contribution in [2.45, 2.75) is 40.0 Å². The summed E-state index contributed by atoms with van der Waals surface area (Å²) >= 11 is 0. The Bertz CT molecular complexity index is 708. The molecule has 0 aliphatic heterocycles. The standard InChI is InChI=1S/C22H29NO3/c1-16(2)15-25-21-11-8-19(12-22(21)24-5)14-23-13-18-6-9-20(10-7-18)26-17(3)4/h6-12,17,23H,1,13-15H2,2-5H3. The fourth-order valence-corrected chi connectivity index (χ4v) is 2.45. The topological polar surface area (TPSA) is 39.7 Å². The van der Waals surface area contributed by atoms with Crippen LogP contribution in [0, 0.1) is 0 Å². The van der Waals surface area contributed by atoms with Crippen LogP contribution in [0.2, 0.25) is 0 Å². The van der Waals surface area contributed by atoms with Gasteiger partial charge in [-0.25, -0.2) is 0 Å². The summed E-state index contributed by atoms with van der Waals surface area (Å²) < 4.78 is 16.8. The molecule has 0 saturated heterocycles. The lowest BCUT2D eigenvalue weighted by Gasteiger charge is -2.13. The minimum atomic E-state index is 0.191. The summed E-state index contributed by atoms with van der Waals surface area (Å²) in [6.45, 7) is 11.9. The first-order valence-corrected chi connectivity index (χ1v) is 8.88. The first-order valence-electron chi connectivity index (χ1n) is 8.88. The van der Waals surface area contributed by atoms with E-state index >= 15 is 0 Å². The van der Waals surface area contributed by atoms with Crippen LogP contribution < -0.4 is 19.5 Å². The Hall–Kier alpha value is -2.46. The molecule has 0 aliphatic carbocycles. The molecule has 0 aromatic heterocycles. The number of methoxy groups -OCH3 is 1. The summed E-state index contributed by atoms with van der Waals surface area (Å²) in [5.41, 5.74) is 3.33. The Balaban J connectivity index is 1.87. The van der Waals surface area contributed by atoms with Gasteiger partial charge in [-0.15, -0.1) is 0 Å². The second-order valence-corrected chi connectivity index (χ2v) is 6.65. The van der Waals surface area contributed by atoms with E-state index in [1.54, 1.807) is 7.11 Å². The zero-order valence-electron chi connectivity index (χ0n) is 16.2. The van der Waals surface area contributed by atoms with Crippen LogP contribution in [0.4, 0.5) is 0 Å². The van der Waals surface area contributed by atoms with Gasteiger partial charge in [-0.2, -0.15) is 0 Å². The molecule has 0 unspecified atom stereocenters. The lowest BCUT2D eigenvalue weighted by molar-refractivity contribution is 0.242. The normalized spacial score (nSPS) is 10.7. The van der Waals surface area contributed by atoms with Crippen molar-refractivity contribution in [2.75, 3.05) is 13.7 Å². The molecular weight excluding hydrogens is 326 g/mol. The zero-order valence-corrected chi connectivity index (χ0v) is 16.2. The van der Waals surface area contributed by atoms with Crippen molar-refractivity contribution in [3.8, 4) is 17.2 Å². The van der Waals surface area contributed by atoms with Gasteiger partial charge >= 0.3 is 0 Å². The van der Waals surface area contributed by atoms with Gasteiger partial charge in [0, 0.05) is 13.1 Å². The summed E-state index contributed by atoms with van der Waals surface area (Å²) in [6, 6.07) is 14.2. The summed E-state index contributed by atoms with van der Waals surface area (Å²) in [4.78, 5) is 0. The SMILES string of the molecule is C=C(C)COc1ccc(CNCc2ccc(OC(C)C)cc2)cc1OC. The summed E-state index contributed by atoms with van der Waals surface area (Å²) in [5.74, 6) is 2.37. The largest absolute Gasteiger partial charge is 0.493 e. The highest BCUT2D eigenvalue weighted by Crippen LogP contribution is 2.28. The van der Waals surface area contributed by atoms with E-state index in [-0.39, 0.29) is 6.10 Å². The van der Waals surface area contributed by atoms with Crippen molar-refractivity contribution in [1.82, 2.24) is 5.32 Å². The molecular formula is C22H29NO3. The van der Waals surface area contributed by atoms with Crippen molar-refractivity contribution >= 4 is 0 Å². The molecule has 2 rings (SSSR count). The zero-order chi connectivity index (χ0) is 18.9. The van der Waals surface area contributed by atoms with Crippen molar-refractivity contribution < 1.29 is 14.2 Å². The van der Waals surface area contributed by atoms with Gasteiger partial charge in [0.2, 0.25) is 0 Å². The molecule has 0 fully saturated rings. The Kier molecular flexibility index (Phi) is 7.54. The van der Waals surface area contributed by atoms with E-state index < -0.39 is 0 Å². The molecule has 0 atom stereocenters. The summed E-state index contributed by atoms with van der Waals surface area (Å²) in [5, 5.41) is 3.45. The second-order valence-electron chi connectivity index (χ2n) is 6.65. The maximum absolute atomic E-state index is 5.70. The Morgan fingerprint density at radius 1 is 1.00 bits per heavy atom. The van der Waals surface area contributed by atoms with Crippen molar-refractivity contribution in [1.29, 1.82) is 0 Å². The molecule has 1 N–H and O–H groups in total. The van der Waals surface area contributed by atoms with Crippen LogP contribution in [0.1, 0.15) is 31.9 Å². The maximum Gasteiger partial charge on any atom is 0.161 e. The quantitative estimate of drug-likeness (QED) is 0.626. The van der Waals surface area contributed by atoms with Gasteiger partial charge in [-0.05, 0) is 61.7 Å². The molecule has 0 aliphatic rings. The second kappa shape index (κ2) is 9.88. The summed E-state index contributed by atoms with van der Waals surface area (Å²) in [6.07, 6.45) is 0.191.